The van der Waals surface area contributed by atoms with Crippen LogP contribution in [-0.4, -0.2) is 17.8 Å². The first kappa shape index (κ1) is 13.5. The van der Waals surface area contributed by atoms with E-state index in [1.807, 2.05) is 18.5 Å². The van der Waals surface area contributed by atoms with Crippen LogP contribution in [0, 0.1) is 5.82 Å². The maximum Gasteiger partial charge on any atom is 0.134 e. The summed E-state index contributed by atoms with van der Waals surface area (Å²) in [5.74, 6) is 0.726. The third-order valence-corrected chi connectivity index (χ3v) is 4.25. The van der Waals surface area contributed by atoms with Gasteiger partial charge in [0, 0.05) is 16.8 Å². The number of aromatic nitrogens is 1. The largest absolute Gasteiger partial charge is 0.314 e. The zero-order valence-electron chi connectivity index (χ0n) is 10.4. The fourth-order valence-electron chi connectivity index (χ4n) is 1.67. The molecule has 2 nitrogen and oxygen atoms in total. The Hall–Kier alpha value is -0.910. The first-order valence-electron chi connectivity index (χ1n) is 5.77. The summed E-state index contributed by atoms with van der Waals surface area (Å²) in [6.45, 7) is 2.77. The number of thioether (sulfide) groups is 1. The normalized spacial score (nSPS) is 10.8. The highest BCUT2D eigenvalue weighted by molar-refractivity contribution is 7.99. The molecule has 18 heavy (non-hydrogen) atoms. The monoisotopic (exact) mass is 282 g/mol. The molecular weight excluding hydrogens is 267 g/mol. The van der Waals surface area contributed by atoms with Crippen molar-refractivity contribution >= 4 is 23.1 Å². The number of hydrogen-bond acceptors (Lipinski definition) is 4. The average Bonchev–Trinajstić information content (AvgIpc) is 2.78. The Morgan fingerprint density at radius 1 is 1.44 bits per heavy atom. The summed E-state index contributed by atoms with van der Waals surface area (Å²) >= 11 is 3.14. The summed E-state index contributed by atoms with van der Waals surface area (Å²) < 4.78 is 14.0. The van der Waals surface area contributed by atoms with Gasteiger partial charge in [-0.05, 0) is 24.9 Å². The van der Waals surface area contributed by atoms with Crippen LogP contribution in [0.3, 0.4) is 0 Å². The molecule has 0 aliphatic rings. The SMILES string of the molecule is CCSc1cccc(F)c1-c1nc(CNC)cs1. The number of rotatable bonds is 5. The van der Waals surface area contributed by atoms with E-state index in [4.69, 9.17) is 0 Å². The molecule has 0 aliphatic heterocycles. The van der Waals surface area contributed by atoms with Gasteiger partial charge in [-0.15, -0.1) is 23.1 Å². The fourth-order valence-corrected chi connectivity index (χ4v) is 3.44. The predicted molar refractivity (Wildman–Crippen MR) is 76.7 cm³/mol. The van der Waals surface area contributed by atoms with E-state index in [-0.39, 0.29) is 5.82 Å². The van der Waals surface area contributed by atoms with Crippen LogP contribution in [0.2, 0.25) is 0 Å². The molecule has 1 aromatic carbocycles. The van der Waals surface area contributed by atoms with Crippen molar-refractivity contribution in [1.82, 2.24) is 10.3 Å². The van der Waals surface area contributed by atoms with Crippen LogP contribution in [0.4, 0.5) is 4.39 Å². The Kier molecular flexibility index (Phi) is 4.74. The number of thiazole rings is 1. The van der Waals surface area contributed by atoms with Gasteiger partial charge < -0.3 is 5.32 Å². The summed E-state index contributed by atoms with van der Waals surface area (Å²) in [4.78, 5) is 5.44. The van der Waals surface area contributed by atoms with Gasteiger partial charge in [0.2, 0.25) is 0 Å². The molecule has 0 bridgehead atoms. The quantitative estimate of drug-likeness (QED) is 0.845. The molecule has 0 amide bonds. The molecule has 2 rings (SSSR count). The highest BCUT2D eigenvalue weighted by atomic mass is 32.2. The van der Waals surface area contributed by atoms with Crippen molar-refractivity contribution in [2.24, 2.45) is 0 Å². The van der Waals surface area contributed by atoms with Crippen LogP contribution in [0.1, 0.15) is 12.6 Å². The Morgan fingerprint density at radius 3 is 3.00 bits per heavy atom. The molecule has 0 saturated carbocycles. The van der Waals surface area contributed by atoms with Crippen molar-refractivity contribution in [3.05, 3.63) is 35.1 Å². The molecule has 0 atom stereocenters. The van der Waals surface area contributed by atoms with E-state index in [1.165, 1.54) is 17.4 Å². The average molecular weight is 282 g/mol. The molecule has 0 aliphatic carbocycles. The standard InChI is InChI=1S/C13H15FN2S2/c1-3-17-11-6-4-5-10(14)12(11)13-16-9(7-15-2)8-18-13/h4-6,8,15H,3,7H2,1-2H3. The van der Waals surface area contributed by atoms with Gasteiger partial charge >= 0.3 is 0 Å². The van der Waals surface area contributed by atoms with E-state index in [2.05, 4.69) is 17.2 Å². The van der Waals surface area contributed by atoms with E-state index >= 15 is 0 Å². The minimum Gasteiger partial charge on any atom is -0.314 e. The van der Waals surface area contributed by atoms with Crippen LogP contribution >= 0.6 is 23.1 Å². The van der Waals surface area contributed by atoms with Crippen molar-refractivity contribution in [2.45, 2.75) is 18.4 Å². The Balaban J connectivity index is 2.41. The summed E-state index contributed by atoms with van der Waals surface area (Å²) in [7, 11) is 1.88. The van der Waals surface area contributed by atoms with Crippen molar-refractivity contribution < 1.29 is 4.39 Å². The second-order valence-electron chi connectivity index (χ2n) is 3.72. The molecule has 1 aromatic heterocycles. The second kappa shape index (κ2) is 6.31. The smallest absolute Gasteiger partial charge is 0.134 e. The third-order valence-electron chi connectivity index (χ3n) is 2.40. The maximum atomic E-state index is 14.0. The summed E-state index contributed by atoms with van der Waals surface area (Å²) in [6, 6.07) is 5.19. The van der Waals surface area contributed by atoms with Gasteiger partial charge in [-0.25, -0.2) is 9.37 Å². The molecule has 1 N–H and O–H groups in total. The molecule has 5 heteroatoms. The lowest BCUT2D eigenvalue weighted by molar-refractivity contribution is 0.628. The topological polar surface area (TPSA) is 24.9 Å². The zero-order chi connectivity index (χ0) is 13.0. The molecule has 0 saturated heterocycles. The molecule has 96 valence electrons. The summed E-state index contributed by atoms with van der Waals surface area (Å²) in [6.07, 6.45) is 0. The van der Waals surface area contributed by atoms with E-state index in [0.717, 1.165) is 21.3 Å². The fraction of sp³-hybridized carbons (Fsp3) is 0.308. The van der Waals surface area contributed by atoms with Gasteiger partial charge in [-0.2, -0.15) is 0 Å². The van der Waals surface area contributed by atoms with Crippen molar-refractivity contribution in [2.75, 3.05) is 12.8 Å². The van der Waals surface area contributed by atoms with Gasteiger partial charge in [-0.1, -0.05) is 13.0 Å². The number of nitrogens with one attached hydrogen (secondary N) is 1. The zero-order valence-corrected chi connectivity index (χ0v) is 12.0. The first-order valence-corrected chi connectivity index (χ1v) is 7.63. The number of halogens is 1. The lowest BCUT2D eigenvalue weighted by Crippen LogP contribution is -2.05. The van der Waals surface area contributed by atoms with Crippen LogP contribution in [0.25, 0.3) is 10.6 Å². The Labute approximate surface area is 115 Å². The van der Waals surface area contributed by atoms with E-state index in [1.54, 1.807) is 17.8 Å². The van der Waals surface area contributed by atoms with Gasteiger partial charge in [0.25, 0.3) is 0 Å². The highest BCUT2D eigenvalue weighted by Gasteiger charge is 2.14. The predicted octanol–water partition coefficient (Wildman–Crippen LogP) is 3.78. The van der Waals surface area contributed by atoms with Gasteiger partial charge in [0.05, 0.1) is 11.3 Å². The number of benzene rings is 1. The lowest BCUT2D eigenvalue weighted by Gasteiger charge is -2.06. The number of nitrogens with zero attached hydrogens (tertiary/aromatic N) is 1. The van der Waals surface area contributed by atoms with Gasteiger partial charge in [-0.3, -0.25) is 0 Å². The Morgan fingerprint density at radius 2 is 2.28 bits per heavy atom. The van der Waals surface area contributed by atoms with Gasteiger partial charge in [0.1, 0.15) is 10.8 Å². The van der Waals surface area contributed by atoms with E-state index in [9.17, 15) is 4.39 Å². The van der Waals surface area contributed by atoms with Crippen molar-refractivity contribution in [1.29, 1.82) is 0 Å². The lowest BCUT2D eigenvalue weighted by atomic mass is 10.2. The molecule has 0 fully saturated rings. The van der Waals surface area contributed by atoms with E-state index < -0.39 is 0 Å². The van der Waals surface area contributed by atoms with Crippen molar-refractivity contribution in [3.63, 3.8) is 0 Å². The molecule has 0 unspecified atom stereocenters. The molecule has 2 aromatic rings. The van der Waals surface area contributed by atoms with Crippen LogP contribution in [0.15, 0.2) is 28.5 Å². The summed E-state index contributed by atoms with van der Waals surface area (Å²) in [5.41, 5.74) is 1.59. The highest BCUT2D eigenvalue weighted by Crippen LogP contribution is 2.35. The molecule has 1 heterocycles. The Bertz CT molecular complexity index is 525. The van der Waals surface area contributed by atoms with E-state index in [0.29, 0.717) is 12.1 Å². The van der Waals surface area contributed by atoms with Gasteiger partial charge in [0.15, 0.2) is 0 Å². The minimum atomic E-state index is -0.196. The third kappa shape index (κ3) is 2.91. The summed E-state index contributed by atoms with van der Waals surface area (Å²) in [5, 5.41) is 5.78. The maximum absolute atomic E-state index is 14.0. The molecule has 0 spiro atoms. The van der Waals surface area contributed by atoms with Crippen LogP contribution in [-0.2, 0) is 6.54 Å². The molecular formula is C13H15FN2S2. The van der Waals surface area contributed by atoms with Crippen molar-refractivity contribution in [3.8, 4) is 10.6 Å². The first-order chi connectivity index (χ1) is 8.76. The van der Waals surface area contributed by atoms with Crippen LogP contribution in [0.5, 0.6) is 0 Å². The second-order valence-corrected chi connectivity index (χ2v) is 5.88. The van der Waals surface area contributed by atoms with Crippen LogP contribution < -0.4 is 5.32 Å². The minimum absolute atomic E-state index is 0.196. The number of hydrogen-bond donors (Lipinski definition) is 1. The molecule has 0 radical (unpaired) electrons.